The zero-order valence-electron chi connectivity index (χ0n) is 18.7. The average molecular weight is 448 g/mol. The van der Waals surface area contributed by atoms with Gasteiger partial charge in [0.15, 0.2) is 5.75 Å². The predicted octanol–water partition coefficient (Wildman–Crippen LogP) is 4.99. The van der Waals surface area contributed by atoms with E-state index in [1.807, 2.05) is 32.3 Å². The Hall–Kier alpha value is -3.10. The monoisotopic (exact) mass is 448 g/mol. The van der Waals surface area contributed by atoms with Gasteiger partial charge in [0.1, 0.15) is 5.69 Å². The summed E-state index contributed by atoms with van der Waals surface area (Å²) in [5, 5.41) is 18.1. The van der Waals surface area contributed by atoms with Crippen molar-refractivity contribution in [3.8, 4) is 17.0 Å². The summed E-state index contributed by atoms with van der Waals surface area (Å²) < 4.78 is 43.5. The number of halogens is 3. The van der Waals surface area contributed by atoms with Gasteiger partial charge in [0, 0.05) is 29.9 Å². The lowest BCUT2D eigenvalue weighted by atomic mass is 9.79. The topological polar surface area (TPSA) is 72.9 Å². The molecule has 3 aromatic rings. The fourth-order valence-corrected chi connectivity index (χ4v) is 4.48. The van der Waals surface area contributed by atoms with Crippen molar-refractivity contribution in [2.24, 2.45) is 5.41 Å². The summed E-state index contributed by atoms with van der Waals surface area (Å²) in [6, 6.07) is 6.63. The Balaban J connectivity index is 1.84. The predicted molar refractivity (Wildman–Crippen MR) is 115 cm³/mol. The van der Waals surface area contributed by atoms with Crippen molar-refractivity contribution in [1.82, 2.24) is 19.6 Å². The SMILES string of the molecule is Cc1c(O)c(=O)ccn1C(C)(C)CC(C)(C)Cn1cc(-c2ccccc2C(F)(F)F)nn1. The summed E-state index contributed by atoms with van der Waals surface area (Å²) in [5.41, 5.74) is -1.33. The second-order valence-corrected chi connectivity index (χ2v) is 9.48. The molecule has 32 heavy (non-hydrogen) atoms. The molecule has 172 valence electrons. The van der Waals surface area contributed by atoms with Crippen LogP contribution in [-0.2, 0) is 18.3 Å². The van der Waals surface area contributed by atoms with Gasteiger partial charge in [0.05, 0.1) is 17.5 Å². The molecule has 0 saturated heterocycles. The Bertz CT molecular complexity index is 1180. The highest BCUT2D eigenvalue weighted by Crippen LogP contribution is 2.37. The maximum absolute atomic E-state index is 13.4. The molecule has 1 N–H and O–H groups in total. The molecule has 9 heteroatoms. The maximum atomic E-state index is 13.4. The Morgan fingerprint density at radius 3 is 2.38 bits per heavy atom. The highest BCUT2D eigenvalue weighted by molar-refractivity contribution is 5.63. The van der Waals surface area contributed by atoms with E-state index in [1.54, 1.807) is 17.8 Å². The summed E-state index contributed by atoms with van der Waals surface area (Å²) in [4.78, 5) is 11.7. The van der Waals surface area contributed by atoms with Crippen molar-refractivity contribution < 1.29 is 18.3 Å². The minimum Gasteiger partial charge on any atom is -0.503 e. The van der Waals surface area contributed by atoms with E-state index in [-0.39, 0.29) is 22.4 Å². The molecule has 2 heterocycles. The Morgan fingerprint density at radius 2 is 1.72 bits per heavy atom. The minimum atomic E-state index is -4.48. The fourth-order valence-electron chi connectivity index (χ4n) is 4.48. The molecule has 0 atom stereocenters. The molecule has 0 unspecified atom stereocenters. The maximum Gasteiger partial charge on any atom is 0.417 e. The van der Waals surface area contributed by atoms with Crippen molar-refractivity contribution in [2.45, 2.75) is 59.3 Å². The average Bonchev–Trinajstić information content (AvgIpc) is 3.11. The number of nitrogens with zero attached hydrogens (tertiary/aromatic N) is 4. The molecule has 0 aliphatic carbocycles. The smallest absolute Gasteiger partial charge is 0.417 e. The van der Waals surface area contributed by atoms with Crippen LogP contribution >= 0.6 is 0 Å². The number of hydrogen-bond acceptors (Lipinski definition) is 4. The normalized spacial score (nSPS) is 12.9. The van der Waals surface area contributed by atoms with Crippen LogP contribution in [0.25, 0.3) is 11.3 Å². The lowest BCUT2D eigenvalue weighted by Gasteiger charge is -2.38. The second-order valence-electron chi connectivity index (χ2n) is 9.48. The lowest BCUT2D eigenvalue weighted by Crippen LogP contribution is -2.36. The molecule has 0 saturated carbocycles. The minimum absolute atomic E-state index is 0.0104. The van der Waals surface area contributed by atoms with Gasteiger partial charge in [-0.25, -0.2) is 0 Å². The molecule has 1 aromatic carbocycles. The van der Waals surface area contributed by atoms with Crippen molar-refractivity contribution in [3.63, 3.8) is 0 Å². The third-order valence-electron chi connectivity index (χ3n) is 5.51. The molecule has 0 spiro atoms. The Morgan fingerprint density at radius 1 is 1.06 bits per heavy atom. The molecular weight excluding hydrogens is 421 g/mol. The standard InChI is InChI=1S/C23H27F3N4O2/c1-15-20(32)19(31)10-11-30(15)22(4,5)13-21(2,3)14-29-12-18(27-28-29)16-8-6-7-9-17(16)23(24,25)26/h6-12,32H,13-14H2,1-5H3. The number of pyridine rings is 1. The van der Waals surface area contributed by atoms with E-state index in [2.05, 4.69) is 10.3 Å². The first-order valence-electron chi connectivity index (χ1n) is 10.2. The first-order chi connectivity index (χ1) is 14.7. The number of aromatic nitrogens is 4. The van der Waals surface area contributed by atoms with E-state index in [0.717, 1.165) is 6.07 Å². The molecule has 0 fully saturated rings. The van der Waals surface area contributed by atoms with Crippen molar-refractivity contribution in [2.75, 3.05) is 0 Å². The van der Waals surface area contributed by atoms with Crippen LogP contribution in [0.3, 0.4) is 0 Å². The van der Waals surface area contributed by atoms with Gasteiger partial charge in [-0.1, -0.05) is 37.3 Å². The van der Waals surface area contributed by atoms with Crippen LogP contribution in [0.1, 0.15) is 45.4 Å². The largest absolute Gasteiger partial charge is 0.503 e. The summed E-state index contributed by atoms with van der Waals surface area (Å²) in [5.74, 6) is -0.275. The van der Waals surface area contributed by atoms with Gasteiger partial charge in [0.25, 0.3) is 0 Å². The number of benzene rings is 1. The number of hydrogen-bond donors (Lipinski definition) is 1. The van der Waals surface area contributed by atoms with Gasteiger partial charge in [-0.2, -0.15) is 13.2 Å². The van der Waals surface area contributed by atoms with Gasteiger partial charge in [-0.05, 0) is 38.7 Å². The molecule has 0 aliphatic rings. The van der Waals surface area contributed by atoms with E-state index in [9.17, 15) is 23.1 Å². The van der Waals surface area contributed by atoms with Gasteiger partial charge < -0.3 is 9.67 Å². The van der Waals surface area contributed by atoms with Crippen LogP contribution in [0.15, 0.2) is 47.5 Å². The van der Waals surface area contributed by atoms with E-state index >= 15 is 0 Å². The molecule has 0 bridgehead atoms. The van der Waals surface area contributed by atoms with Crippen LogP contribution in [0.4, 0.5) is 13.2 Å². The first-order valence-corrected chi connectivity index (χ1v) is 10.2. The molecule has 2 aromatic heterocycles. The Kier molecular flexibility index (Phi) is 5.97. The van der Waals surface area contributed by atoms with Crippen molar-refractivity contribution in [3.05, 3.63) is 64.2 Å². The van der Waals surface area contributed by atoms with Gasteiger partial charge in [-0.3, -0.25) is 9.48 Å². The molecule has 3 rings (SSSR count). The third kappa shape index (κ3) is 4.87. The van der Waals surface area contributed by atoms with Crippen molar-refractivity contribution >= 4 is 0 Å². The van der Waals surface area contributed by atoms with Gasteiger partial charge >= 0.3 is 6.18 Å². The number of rotatable bonds is 6. The zero-order valence-corrected chi connectivity index (χ0v) is 18.7. The van der Waals surface area contributed by atoms with Gasteiger partial charge in [-0.15, -0.1) is 5.10 Å². The molecule has 0 radical (unpaired) electrons. The number of aromatic hydroxyl groups is 1. The van der Waals surface area contributed by atoms with Gasteiger partial charge in [0.2, 0.25) is 5.43 Å². The summed E-state index contributed by atoms with van der Waals surface area (Å²) >= 11 is 0. The van der Waals surface area contributed by atoms with Crippen LogP contribution in [-0.4, -0.2) is 24.7 Å². The quantitative estimate of drug-likeness (QED) is 0.577. The molecular formula is C23H27F3N4O2. The fraction of sp³-hybridized carbons (Fsp3) is 0.435. The molecule has 6 nitrogen and oxygen atoms in total. The molecule has 0 amide bonds. The third-order valence-corrected chi connectivity index (χ3v) is 5.51. The summed E-state index contributed by atoms with van der Waals surface area (Å²) in [6.45, 7) is 10.2. The molecule has 0 aliphatic heterocycles. The van der Waals surface area contributed by atoms with Crippen LogP contribution in [0.5, 0.6) is 5.75 Å². The van der Waals surface area contributed by atoms with E-state index < -0.39 is 22.7 Å². The van der Waals surface area contributed by atoms with Crippen LogP contribution in [0, 0.1) is 12.3 Å². The Labute approximate surface area is 184 Å². The highest BCUT2D eigenvalue weighted by atomic mass is 19.4. The van der Waals surface area contributed by atoms with Crippen LogP contribution in [0.2, 0.25) is 0 Å². The summed E-state index contributed by atoms with van der Waals surface area (Å²) in [6.07, 6.45) is -0.660. The van der Waals surface area contributed by atoms with E-state index in [0.29, 0.717) is 18.7 Å². The first kappa shape index (κ1) is 23.6. The van der Waals surface area contributed by atoms with E-state index in [1.165, 1.54) is 30.5 Å². The zero-order chi connectivity index (χ0) is 23.9. The summed E-state index contributed by atoms with van der Waals surface area (Å²) in [7, 11) is 0. The highest BCUT2D eigenvalue weighted by Gasteiger charge is 2.35. The lowest BCUT2D eigenvalue weighted by molar-refractivity contribution is -0.137. The number of alkyl halides is 3. The van der Waals surface area contributed by atoms with Crippen molar-refractivity contribution in [1.29, 1.82) is 0 Å². The van der Waals surface area contributed by atoms with Crippen LogP contribution < -0.4 is 5.43 Å². The van der Waals surface area contributed by atoms with E-state index in [4.69, 9.17) is 0 Å². The second kappa shape index (κ2) is 8.11.